The standard InChI is InChI=1S/C23H20ClFN8O/c1-10-11(2)17(8-7-15(10)25)33-21(30-16-6-4-5-14(24)18(16)22(33)34)12(3)29-20-13(9-26)19(27)31-23(28)32-20/h4-8,12H,1-3H3,(H5,27,28,29,31,32). The predicted octanol–water partition coefficient (Wildman–Crippen LogP) is 3.79. The highest BCUT2D eigenvalue weighted by atomic mass is 35.5. The summed E-state index contributed by atoms with van der Waals surface area (Å²) >= 11 is 6.34. The fourth-order valence-corrected chi connectivity index (χ4v) is 3.98. The van der Waals surface area contributed by atoms with E-state index in [9.17, 15) is 14.4 Å². The maximum absolute atomic E-state index is 14.2. The van der Waals surface area contributed by atoms with Gasteiger partial charge in [-0.15, -0.1) is 0 Å². The molecule has 1 unspecified atom stereocenters. The van der Waals surface area contributed by atoms with E-state index in [4.69, 9.17) is 28.1 Å². The summed E-state index contributed by atoms with van der Waals surface area (Å²) in [7, 11) is 0. The summed E-state index contributed by atoms with van der Waals surface area (Å²) in [6.07, 6.45) is 0. The van der Waals surface area contributed by atoms with Crippen molar-refractivity contribution in [2.75, 3.05) is 16.8 Å². The third-order valence-electron chi connectivity index (χ3n) is 5.61. The van der Waals surface area contributed by atoms with E-state index in [0.717, 1.165) is 0 Å². The number of nitrogen functional groups attached to an aromatic ring is 2. The number of anilines is 3. The number of fused-ring (bicyclic) bond motifs is 1. The van der Waals surface area contributed by atoms with Crippen LogP contribution in [0, 0.1) is 31.0 Å². The van der Waals surface area contributed by atoms with Crippen molar-refractivity contribution in [1.82, 2.24) is 19.5 Å². The molecule has 0 saturated carbocycles. The zero-order valence-electron chi connectivity index (χ0n) is 18.5. The highest BCUT2D eigenvalue weighted by Gasteiger charge is 2.23. The van der Waals surface area contributed by atoms with Crippen LogP contribution in [0.3, 0.4) is 0 Å². The molecule has 4 rings (SSSR count). The van der Waals surface area contributed by atoms with Gasteiger partial charge < -0.3 is 16.8 Å². The molecule has 0 fully saturated rings. The first-order valence-corrected chi connectivity index (χ1v) is 10.6. The summed E-state index contributed by atoms with van der Waals surface area (Å²) in [5.41, 5.74) is 12.9. The normalized spacial score (nSPS) is 11.9. The van der Waals surface area contributed by atoms with E-state index in [-0.39, 0.29) is 45.2 Å². The molecule has 5 N–H and O–H groups in total. The number of hydrogen-bond donors (Lipinski definition) is 3. The van der Waals surface area contributed by atoms with Gasteiger partial charge in [0.15, 0.2) is 5.82 Å². The Hall–Kier alpha value is -4.23. The molecule has 0 amide bonds. The molecule has 1 atom stereocenters. The highest BCUT2D eigenvalue weighted by molar-refractivity contribution is 6.35. The molecule has 0 aliphatic rings. The lowest BCUT2D eigenvalue weighted by Gasteiger charge is -2.22. The van der Waals surface area contributed by atoms with Crippen molar-refractivity contribution in [2.24, 2.45) is 0 Å². The first-order chi connectivity index (χ1) is 16.1. The van der Waals surface area contributed by atoms with Crippen LogP contribution in [0.25, 0.3) is 16.6 Å². The molecular weight excluding hydrogens is 459 g/mol. The second-order valence-corrected chi connectivity index (χ2v) is 8.14. The Kier molecular flexibility index (Phi) is 5.81. The first kappa shape index (κ1) is 22.9. The van der Waals surface area contributed by atoms with Gasteiger partial charge in [-0.2, -0.15) is 15.2 Å². The maximum Gasteiger partial charge on any atom is 0.267 e. The van der Waals surface area contributed by atoms with Gasteiger partial charge in [0.05, 0.1) is 27.7 Å². The average Bonchev–Trinajstić information content (AvgIpc) is 2.78. The van der Waals surface area contributed by atoms with Gasteiger partial charge in [0.1, 0.15) is 29.1 Å². The summed E-state index contributed by atoms with van der Waals surface area (Å²) in [6.45, 7) is 5.09. The average molecular weight is 479 g/mol. The summed E-state index contributed by atoms with van der Waals surface area (Å²) < 4.78 is 15.6. The Morgan fingerprint density at radius 1 is 1.15 bits per heavy atom. The molecule has 0 radical (unpaired) electrons. The number of benzene rings is 2. The van der Waals surface area contributed by atoms with E-state index >= 15 is 0 Å². The van der Waals surface area contributed by atoms with E-state index < -0.39 is 11.6 Å². The Balaban J connectivity index is 2.00. The number of nitrogens with zero attached hydrogens (tertiary/aromatic N) is 5. The van der Waals surface area contributed by atoms with Crippen LogP contribution >= 0.6 is 11.6 Å². The quantitative estimate of drug-likeness (QED) is 0.401. The molecule has 172 valence electrons. The Morgan fingerprint density at radius 2 is 1.88 bits per heavy atom. The van der Waals surface area contributed by atoms with Crippen molar-refractivity contribution in [1.29, 1.82) is 5.26 Å². The number of aromatic nitrogens is 4. The lowest BCUT2D eigenvalue weighted by Crippen LogP contribution is -2.28. The van der Waals surface area contributed by atoms with Crippen molar-refractivity contribution < 1.29 is 4.39 Å². The van der Waals surface area contributed by atoms with E-state index in [0.29, 0.717) is 22.3 Å². The SMILES string of the molecule is Cc1c(F)ccc(-n2c(C(C)Nc3nc(N)nc(N)c3C#N)nc3cccc(Cl)c3c2=O)c1C. The van der Waals surface area contributed by atoms with Crippen LogP contribution in [0.4, 0.5) is 22.0 Å². The fraction of sp³-hybridized carbons (Fsp3) is 0.174. The van der Waals surface area contributed by atoms with Gasteiger partial charge in [-0.25, -0.2) is 9.37 Å². The smallest absolute Gasteiger partial charge is 0.267 e. The molecule has 0 saturated heterocycles. The lowest BCUT2D eigenvalue weighted by atomic mass is 10.1. The topological polar surface area (TPSA) is 149 Å². The molecule has 2 heterocycles. The van der Waals surface area contributed by atoms with Crippen molar-refractivity contribution >= 4 is 40.1 Å². The van der Waals surface area contributed by atoms with Crippen LogP contribution < -0.4 is 22.3 Å². The molecule has 0 aliphatic heterocycles. The highest BCUT2D eigenvalue weighted by Crippen LogP contribution is 2.28. The predicted molar refractivity (Wildman–Crippen MR) is 129 cm³/mol. The van der Waals surface area contributed by atoms with E-state index in [1.165, 1.54) is 16.7 Å². The van der Waals surface area contributed by atoms with Gasteiger partial charge in [0, 0.05) is 0 Å². The van der Waals surface area contributed by atoms with Crippen molar-refractivity contribution in [3.8, 4) is 11.8 Å². The largest absolute Gasteiger partial charge is 0.382 e. The number of halogens is 2. The minimum absolute atomic E-state index is 0.00703. The Morgan fingerprint density at radius 3 is 2.59 bits per heavy atom. The summed E-state index contributed by atoms with van der Waals surface area (Å²) in [4.78, 5) is 26.3. The summed E-state index contributed by atoms with van der Waals surface area (Å²) in [5, 5.41) is 13.0. The number of rotatable bonds is 4. The van der Waals surface area contributed by atoms with Crippen molar-refractivity contribution in [2.45, 2.75) is 26.8 Å². The van der Waals surface area contributed by atoms with Gasteiger partial charge in [-0.05, 0) is 56.2 Å². The maximum atomic E-state index is 14.2. The number of nitrogens with one attached hydrogen (secondary N) is 1. The zero-order chi connectivity index (χ0) is 24.7. The van der Waals surface area contributed by atoms with E-state index in [1.807, 2.05) is 6.07 Å². The van der Waals surface area contributed by atoms with E-state index in [1.54, 1.807) is 39.0 Å². The number of hydrogen-bond acceptors (Lipinski definition) is 8. The van der Waals surface area contributed by atoms with Gasteiger partial charge in [-0.3, -0.25) is 9.36 Å². The zero-order valence-corrected chi connectivity index (χ0v) is 19.3. The first-order valence-electron chi connectivity index (χ1n) is 10.2. The van der Waals surface area contributed by atoms with Gasteiger partial charge in [0.25, 0.3) is 5.56 Å². The second kappa shape index (κ2) is 8.61. The minimum atomic E-state index is -0.665. The van der Waals surface area contributed by atoms with Crippen molar-refractivity contribution in [3.05, 3.63) is 74.0 Å². The van der Waals surface area contributed by atoms with Crippen molar-refractivity contribution in [3.63, 3.8) is 0 Å². The van der Waals surface area contributed by atoms with Gasteiger partial charge in [-0.1, -0.05) is 17.7 Å². The Labute approximate surface area is 198 Å². The molecule has 4 aromatic rings. The third-order valence-corrected chi connectivity index (χ3v) is 5.93. The monoisotopic (exact) mass is 478 g/mol. The second-order valence-electron chi connectivity index (χ2n) is 7.73. The summed E-state index contributed by atoms with van der Waals surface area (Å²) in [5.74, 6) is -0.205. The van der Waals surface area contributed by atoms with E-state index in [2.05, 4.69) is 15.3 Å². The third kappa shape index (κ3) is 3.76. The molecule has 34 heavy (non-hydrogen) atoms. The fourth-order valence-electron chi connectivity index (χ4n) is 3.73. The molecule has 0 aliphatic carbocycles. The molecule has 0 bridgehead atoms. The molecule has 2 aromatic carbocycles. The minimum Gasteiger partial charge on any atom is -0.382 e. The van der Waals surface area contributed by atoms with Crippen LogP contribution in [0.2, 0.25) is 5.02 Å². The summed E-state index contributed by atoms with van der Waals surface area (Å²) in [6, 6.07) is 9.06. The van der Waals surface area contributed by atoms with Gasteiger partial charge >= 0.3 is 0 Å². The number of nitriles is 1. The van der Waals surface area contributed by atoms with Crippen LogP contribution in [-0.4, -0.2) is 19.5 Å². The lowest BCUT2D eigenvalue weighted by molar-refractivity contribution is 0.615. The molecular formula is C23H20ClFN8O. The Bertz CT molecular complexity index is 1560. The van der Waals surface area contributed by atoms with Crippen LogP contribution in [0.1, 0.15) is 35.5 Å². The molecule has 9 nitrogen and oxygen atoms in total. The molecule has 2 aromatic heterocycles. The number of nitrogens with two attached hydrogens (primary N) is 2. The van der Waals surface area contributed by atoms with Crippen LogP contribution in [0.5, 0.6) is 0 Å². The van der Waals surface area contributed by atoms with Crippen LogP contribution in [-0.2, 0) is 0 Å². The molecule has 11 heteroatoms. The molecule has 0 spiro atoms. The van der Waals surface area contributed by atoms with Gasteiger partial charge in [0.2, 0.25) is 5.95 Å². The van der Waals surface area contributed by atoms with Crippen LogP contribution in [0.15, 0.2) is 35.1 Å².